The summed E-state index contributed by atoms with van der Waals surface area (Å²) in [4.78, 5) is 27.7. The maximum atomic E-state index is 10.2. The number of aliphatic carboxylic acids is 1. The minimum absolute atomic E-state index is 0.0588. The summed E-state index contributed by atoms with van der Waals surface area (Å²) in [5.74, 6) is -1.08. The van der Waals surface area contributed by atoms with Crippen molar-refractivity contribution in [3.05, 3.63) is 0 Å². The number of carbonyl (C=O) groups is 1. The van der Waals surface area contributed by atoms with Gasteiger partial charge in [0.2, 0.25) is 0 Å². The van der Waals surface area contributed by atoms with Gasteiger partial charge >= 0.3 is 5.97 Å². The molecule has 5 nitrogen and oxygen atoms in total. The van der Waals surface area contributed by atoms with Gasteiger partial charge in [0.15, 0.2) is 6.49 Å². The number of carboxylic acid groups (broad SMARTS) is 1. The molecule has 0 fully saturated rings. The largest absolute Gasteiger partial charge is 0.480 e. The first-order chi connectivity index (χ1) is 5.33. The van der Waals surface area contributed by atoms with E-state index in [1.54, 1.807) is 0 Å². The van der Waals surface area contributed by atoms with E-state index in [1.165, 1.54) is 0 Å². The number of hydrogen-bond donors (Lipinski definition) is 4. The normalized spacial score (nSPS) is 14.2. The molecule has 0 bridgehead atoms. The molecule has 0 aromatic heterocycles. The average Bonchev–Trinajstić information content (AvgIpc) is 1.84. The minimum atomic E-state index is -3.17. The summed E-state index contributed by atoms with van der Waals surface area (Å²) in [6, 6.07) is -0.938. The van der Waals surface area contributed by atoms with Gasteiger partial charge in [-0.15, -0.1) is 0 Å². The van der Waals surface area contributed by atoms with Crippen molar-refractivity contribution in [2.75, 3.05) is 6.16 Å². The molecular formula is C5H12NO4PS. The fraction of sp³-hybridized carbons (Fsp3) is 0.800. The molecule has 0 aliphatic carbocycles. The fourth-order valence-corrected chi connectivity index (χ4v) is 1.62. The number of rotatable bonds is 5. The zero-order chi connectivity index (χ0) is 9.78. The van der Waals surface area contributed by atoms with Crippen molar-refractivity contribution < 1.29 is 19.7 Å². The van der Waals surface area contributed by atoms with Crippen LogP contribution in [-0.4, -0.2) is 33.1 Å². The first-order valence-electron chi connectivity index (χ1n) is 3.36. The van der Waals surface area contributed by atoms with Crippen LogP contribution in [0.25, 0.3) is 0 Å². The second-order valence-corrected chi connectivity index (χ2v) is 6.01. The Morgan fingerprint density at radius 2 is 2.08 bits per heavy atom. The molecule has 0 aliphatic heterocycles. The van der Waals surface area contributed by atoms with Crippen LogP contribution in [0.15, 0.2) is 0 Å². The second-order valence-electron chi connectivity index (χ2n) is 2.48. The SMILES string of the molecule is NC(CCCP(O)(O)=S)C(=O)O. The molecule has 0 heterocycles. The summed E-state index contributed by atoms with van der Waals surface area (Å²) in [5, 5.41) is 8.34. The smallest absolute Gasteiger partial charge is 0.320 e. The molecule has 0 aromatic carbocycles. The second kappa shape index (κ2) is 4.89. The lowest BCUT2D eigenvalue weighted by molar-refractivity contribution is -0.138. The molecule has 7 heteroatoms. The van der Waals surface area contributed by atoms with Crippen molar-refractivity contribution in [1.82, 2.24) is 0 Å². The van der Waals surface area contributed by atoms with E-state index in [-0.39, 0.29) is 12.6 Å². The van der Waals surface area contributed by atoms with Crippen LogP contribution >= 0.6 is 6.49 Å². The van der Waals surface area contributed by atoms with Gasteiger partial charge in [-0.25, -0.2) is 0 Å². The summed E-state index contributed by atoms with van der Waals surface area (Å²) in [5.41, 5.74) is 5.16. The molecule has 72 valence electrons. The van der Waals surface area contributed by atoms with Crippen molar-refractivity contribution in [2.45, 2.75) is 18.9 Å². The van der Waals surface area contributed by atoms with Crippen molar-refractivity contribution >= 4 is 24.3 Å². The van der Waals surface area contributed by atoms with Gasteiger partial charge < -0.3 is 20.6 Å². The Hall–Kier alpha value is 0. The molecule has 0 radical (unpaired) electrons. The van der Waals surface area contributed by atoms with Crippen LogP contribution in [0.3, 0.4) is 0 Å². The molecule has 0 saturated heterocycles. The van der Waals surface area contributed by atoms with E-state index in [2.05, 4.69) is 11.8 Å². The highest BCUT2D eigenvalue weighted by Crippen LogP contribution is 2.35. The highest BCUT2D eigenvalue weighted by molar-refractivity contribution is 8.09. The molecule has 0 aromatic rings. The zero-order valence-corrected chi connectivity index (χ0v) is 8.09. The lowest BCUT2D eigenvalue weighted by Gasteiger charge is -2.08. The van der Waals surface area contributed by atoms with Crippen molar-refractivity contribution in [3.8, 4) is 0 Å². The maximum absolute atomic E-state index is 10.2. The fourth-order valence-electron chi connectivity index (χ4n) is 0.641. The summed E-state index contributed by atoms with van der Waals surface area (Å²) in [6.07, 6.45) is 0.607. The molecular weight excluding hydrogens is 201 g/mol. The van der Waals surface area contributed by atoms with Gasteiger partial charge in [-0.2, -0.15) is 0 Å². The highest BCUT2D eigenvalue weighted by atomic mass is 32.5. The quantitative estimate of drug-likeness (QED) is 0.458. The third kappa shape index (κ3) is 6.69. The third-order valence-corrected chi connectivity index (χ3v) is 2.73. The van der Waals surface area contributed by atoms with E-state index in [0.717, 1.165) is 0 Å². The van der Waals surface area contributed by atoms with E-state index in [4.69, 9.17) is 20.6 Å². The topological polar surface area (TPSA) is 104 Å². The standard InChI is InChI=1S/C5H12NO4PS/c6-4(5(7)8)2-1-3-11(9,10)12/h4H,1-3,6H2,(H,7,8)(H2,9,10,12). The zero-order valence-electron chi connectivity index (χ0n) is 6.38. The molecule has 5 N–H and O–H groups in total. The van der Waals surface area contributed by atoms with Crippen LogP contribution in [-0.2, 0) is 16.6 Å². The van der Waals surface area contributed by atoms with Crippen LogP contribution in [0.4, 0.5) is 0 Å². The van der Waals surface area contributed by atoms with E-state index in [0.29, 0.717) is 6.42 Å². The summed E-state index contributed by atoms with van der Waals surface area (Å²) >= 11 is 4.34. The Morgan fingerprint density at radius 3 is 2.42 bits per heavy atom. The van der Waals surface area contributed by atoms with Gasteiger partial charge in [0, 0.05) is 6.16 Å². The van der Waals surface area contributed by atoms with Crippen LogP contribution < -0.4 is 5.73 Å². The summed E-state index contributed by atoms with van der Waals surface area (Å²) in [7, 11) is 0. The molecule has 0 spiro atoms. The Kier molecular flexibility index (Phi) is 4.89. The average molecular weight is 213 g/mol. The Morgan fingerprint density at radius 1 is 1.58 bits per heavy atom. The molecule has 12 heavy (non-hydrogen) atoms. The molecule has 0 aliphatic rings. The first kappa shape index (κ1) is 12.0. The summed E-state index contributed by atoms with van der Waals surface area (Å²) < 4.78 is 0. The van der Waals surface area contributed by atoms with E-state index < -0.39 is 18.5 Å². The van der Waals surface area contributed by atoms with Gasteiger partial charge in [0.1, 0.15) is 6.04 Å². The van der Waals surface area contributed by atoms with Crippen molar-refractivity contribution in [1.29, 1.82) is 0 Å². The predicted octanol–water partition coefficient (Wildman–Crippen LogP) is -0.527. The van der Waals surface area contributed by atoms with Gasteiger partial charge in [0.25, 0.3) is 0 Å². The minimum Gasteiger partial charge on any atom is -0.480 e. The number of hydrogen-bond acceptors (Lipinski definition) is 3. The molecule has 0 rings (SSSR count). The first-order valence-corrected chi connectivity index (χ1v) is 6.25. The van der Waals surface area contributed by atoms with Crippen molar-refractivity contribution in [2.24, 2.45) is 5.73 Å². The Bertz CT molecular complexity index is 204. The molecule has 0 saturated carbocycles. The van der Waals surface area contributed by atoms with E-state index in [9.17, 15) is 4.79 Å². The van der Waals surface area contributed by atoms with Gasteiger partial charge in [-0.05, 0) is 24.6 Å². The summed E-state index contributed by atoms with van der Waals surface area (Å²) in [6.45, 7) is -3.17. The predicted molar refractivity (Wildman–Crippen MR) is 48.4 cm³/mol. The maximum Gasteiger partial charge on any atom is 0.320 e. The lowest BCUT2D eigenvalue weighted by atomic mass is 10.2. The molecule has 1 unspecified atom stereocenters. The Balaban J connectivity index is 3.58. The van der Waals surface area contributed by atoms with Crippen LogP contribution in [0.5, 0.6) is 0 Å². The Labute approximate surface area is 75.4 Å². The van der Waals surface area contributed by atoms with Gasteiger partial charge in [-0.3, -0.25) is 4.79 Å². The highest BCUT2D eigenvalue weighted by Gasteiger charge is 2.13. The monoisotopic (exact) mass is 213 g/mol. The van der Waals surface area contributed by atoms with Crippen LogP contribution in [0.2, 0.25) is 0 Å². The third-order valence-electron chi connectivity index (χ3n) is 1.28. The number of nitrogens with two attached hydrogens (primary N) is 1. The van der Waals surface area contributed by atoms with E-state index in [1.807, 2.05) is 0 Å². The van der Waals surface area contributed by atoms with Crippen LogP contribution in [0, 0.1) is 0 Å². The van der Waals surface area contributed by atoms with Crippen molar-refractivity contribution in [3.63, 3.8) is 0 Å². The van der Waals surface area contributed by atoms with Crippen LogP contribution in [0.1, 0.15) is 12.8 Å². The molecule has 0 amide bonds. The van der Waals surface area contributed by atoms with E-state index >= 15 is 0 Å². The van der Waals surface area contributed by atoms with Gasteiger partial charge in [0.05, 0.1) is 0 Å². The molecule has 1 atom stereocenters. The lowest BCUT2D eigenvalue weighted by Crippen LogP contribution is -2.29. The number of carboxylic acids is 1. The van der Waals surface area contributed by atoms with Gasteiger partial charge in [-0.1, -0.05) is 0 Å².